The van der Waals surface area contributed by atoms with Crippen molar-refractivity contribution in [3.05, 3.63) is 257 Å². The van der Waals surface area contributed by atoms with Gasteiger partial charge in [-0.2, -0.15) is 0 Å². The van der Waals surface area contributed by atoms with Crippen LogP contribution >= 0.6 is 0 Å². The van der Waals surface area contributed by atoms with Crippen LogP contribution in [0.5, 0.6) is 0 Å². The summed E-state index contributed by atoms with van der Waals surface area (Å²) < 4.78 is 2.55. The van der Waals surface area contributed by atoms with Crippen molar-refractivity contribution in [1.82, 2.24) is 4.57 Å². The molecule has 14 rings (SSSR count). The number of hydrogen-bond acceptors (Lipinski definition) is 0. The van der Waals surface area contributed by atoms with E-state index in [0.29, 0.717) is 0 Å². The highest BCUT2D eigenvalue weighted by Crippen LogP contribution is 2.54. The first-order valence-electron chi connectivity index (χ1n) is 26.9. The van der Waals surface area contributed by atoms with Gasteiger partial charge >= 0.3 is 0 Å². The lowest BCUT2D eigenvalue weighted by molar-refractivity contribution is 0.635. The summed E-state index contributed by atoms with van der Waals surface area (Å²) in [4.78, 5) is 0. The fraction of sp³-hybridized carbons (Fsp3) is 0.162. The predicted octanol–water partition coefficient (Wildman–Crippen LogP) is 19.8. The molecule has 362 valence electrons. The zero-order chi connectivity index (χ0) is 51.3. The Morgan fingerprint density at radius 2 is 0.973 bits per heavy atom. The van der Waals surface area contributed by atoms with Crippen molar-refractivity contribution in [3.8, 4) is 61.3 Å². The number of hydrogen-bond donors (Lipinski definition) is 0. The maximum absolute atomic E-state index is 4.66. The molecule has 0 aliphatic heterocycles. The van der Waals surface area contributed by atoms with Crippen LogP contribution < -0.4 is 0 Å². The number of fused-ring (bicyclic) bond motifs is 11. The van der Waals surface area contributed by atoms with Gasteiger partial charge in [0.25, 0.3) is 0 Å². The summed E-state index contributed by atoms with van der Waals surface area (Å²) in [6.45, 7) is 23.6. The van der Waals surface area contributed by atoms with Gasteiger partial charge in [0.05, 0.1) is 5.52 Å². The van der Waals surface area contributed by atoms with Gasteiger partial charge in [-0.15, -0.1) is 0 Å². The number of aromatic nitrogens is 1. The summed E-state index contributed by atoms with van der Waals surface area (Å²) in [5.74, 6) is 0. The molecule has 0 saturated heterocycles. The molecule has 3 aliphatic rings. The molecule has 1 heteroatoms. The summed E-state index contributed by atoms with van der Waals surface area (Å²) in [6.07, 6.45) is 9.65. The summed E-state index contributed by atoms with van der Waals surface area (Å²) in [6, 6.07) is 67.9. The van der Waals surface area contributed by atoms with Crippen LogP contribution in [0.3, 0.4) is 0 Å². The van der Waals surface area contributed by atoms with Gasteiger partial charge in [0.2, 0.25) is 0 Å². The molecule has 3 aliphatic carbocycles. The summed E-state index contributed by atoms with van der Waals surface area (Å²) in [5.41, 5.74) is 26.5. The Morgan fingerprint density at radius 3 is 1.72 bits per heavy atom. The molecule has 1 nitrogen and oxygen atoms in total. The van der Waals surface area contributed by atoms with E-state index in [9.17, 15) is 0 Å². The van der Waals surface area contributed by atoms with Crippen molar-refractivity contribution in [3.63, 3.8) is 0 Å². The Kier molecular flexibility index (Phi) is 9.75. The first kappa shape index (κ1) is 45.4. The van der Waals surface area contributed by atoms with E-state index in [0.717, 1.165) is 12.0 Å². The maximum atomic E-state index is 4.66. The van der Waals surface area contributed by atoms with Gasteiger partial charge in [0.1, 0.15) is 0 Å². The van der Waals surface area contributed by atoms with Crippen molar-refractivity contribution in [2.24, 2.45) is 0 Å². The predicted molar refractivity (Wildman–Crippen MR) is 321 cm³/mol. The highest BCUT2D eigenvalue weighted by Gasteiger charge is 2.37. The van der Waals surface area contributed by atoms with Crippen molar-refractivity contribution in [2.75, 3.05) is 0 Å². The van der Waals surface area contributed by atoms with Crippen LogP contribution in [-0.2, 0) is 22.7 Å². The molecule has 0 atom stereocenters. The smallest absolute Gasteiger partial charge is 0.0540 e. The first-order valence-corrected chi connectivity index (χ1v) is 26.9. The van der Waals surface area contributed by atoms with Crippen molar-refractivity contribution >= 4 is 43.2 Å². The molecule has 11 aromatic rings. The van der Waals surface area contributed by atoms with E-state index in [4.69, 9.17) is 0 Å². The molecule has 0 bridgehead atoms. The van der Waals surface area contributed by atoms with E-state index in [1.807, 2.05) is 0 Å². The van der Waals surface area contributed by atoms with Crippen LogP contribution in [0, 0.1) is 13.8 Å². The Morgan fingerprint density at radius 1 is 0.413 bits per heavy atom. The van der Waals surface area contributed by atoms with Crippen LogP contribution in [0.15, 0.2) is 212 Å². The summed E-state index contributed by atoms with van der Waals surface area (Å²) in [5, 5.41) is 8.78. The van der Waals surface area contributed by atoms with Crippen molar-refractivity contribution in [1.29, 1.82) is 0 Å². The van der Waals surface area contributed by atoms with E-state index in [2.05, 4.69) is 267 Å². The van der Waals surface area contributed by atoms with E-state index < -0.39 is 0 Å². The number of allylic oxidation sites excluding steroid dienone is 5. The molecule has 0 amide bonds. The fourth-order valence-corrected chi connectivity index (χ4v) is 13.8. The molecule has 0 N–H and O–H groups in total. The van der Waals surface area contributed by atoms with Crippen LogP contribution in [0.25, 0.3) is 105 Å². The molecular weight excluding hydrogens is 903 g/mol. The van der Waals surface area contributed by atoms with E-state index in [1.165, 1.54) is 149 Å². The second-order valence-electron chi connectivity index (χ2n) is 23.4. The normalized spacial score (nSPS) is 16.5. The van der Waals surface area contributed by atoms with E-state index >= 15 is 0 Å². The van der Waals surface area contributed by atoms with Gasteiger partial charge in [0, 0.05) is 33.0 Å². The standard InChI is InChI=1S/C74H61N/c1-44-19-11-10-12-21-48-28-30-52(39-66(48)72(44,4)5)70-59-35-31-51(50-29-27-47-20-13-14-22-49(47)37-50)38-61(59)71(53-32-34-57-55-23-15-17-25-64(55)73(6,7)67(57)40-53)62-42-60-45(2)46(3)75(69(60)43-63(62)70)54-33-36-58-56-24-16-18-26-65(56)74(8,9)68(58)41-54/h10-20,22-43H,1,21H2,2-9H3/b12-10-,19-11-. The number of benzene rings is 10. The van der Waals surface area contributed by atoms with Gasteiger partial charge in [-0.05, 0) is 201 Å². The molecule has 75 heavy (non-hydrogen) atoms. The third-order valence-corrected chi connectivity index (χ3v) is 18.3. The quantitative estimate of drug-likeness (QED) is 0.155. The van der Waals surface area contributed by atoms with Gasteiger partial charge in [-0.3, -0.25) is 0 Å². The molecule has 1 aromatic heterocycles. The number of nitrogens with zero attached hydrogens (tertiary/aromatic N) is 1. The first-order chi connectivity index (χ1) is 36.2. The minimum Gasteiger partial charge on any atom is -0.314 e. The van der Waals surface area contributed by atoms with Crippen molar-refractivity contribution in [2.45, 2.75) is 78.1 Å². The SMILES string of the molecule is C=C1/C=C\C=C/Cc2ccc(-c3c4ccc(-c5ccc6ccccc6c5)cc4c(-c4ccc5c(c4)C(C)(C)c4ccccc4-5)c4cc5c(C)c(C)n(-c6ccc7c(c6)C(C)(C)c6ccccc6-7)c5cc34)cc2C1(C)C. The largest absolute Gasteiger partial charge is 0.314 e. The highest BCUT2D eigenvalue weighted by molar-refractivity contribution is 6.24. The third-order valence-electron chi connectivity index (χ3n) is 18.3. The monoisotopic (exact) mass is 963 g/mol. The maximum Gasteiger partial charge on any atom is 0.0540 e. The second-order valence-corrected chi connectivity index (χ2v) is 23.4. The third kappa shape index (κ3) is 6.56. The zero-order valence-corrected chi connectivity index (χ0v) is 44.4. The van der Waals surface area contributed by atoms with Crippen molar-refractivity contribution < 1.29 is 0 Å². The Balaban J connectivity index is 1.11. The second kappa shape index (κ2) is 16.1. The Bertz CT molecular complexity index is 4380. The topological polar surface area (TPSA) is 4.93 Å². The summed E-state index contributed by atoms with van der Waals surface area (Å²) >= 11 is 0. The average molecular weight is 964 g/mol. The molecule has 10 aromatic carbocycles. The van der Waals surface area contributed by atoms with Crippen LogP contribution in [-0.4, -0.2) is 4.57 Å². The molecule has 0 spiro atoms. The fourth-order valence-electron chi connectivity index (χ4n) is 13.8. The van der Waals surface area contributed by atoms with E-state index in [-0.39, 0.29) is 16.2 Å². The molecule has 1 heterocycles. The van der Waals surface area contributed by atoms with Crippen LogP contribution in [0.4, 0.5) is 0 Å². The molecule has 0 radical (unpaired) electrons. The lowest BCUT2D eigenvalue weighted by Gasteiger charge is -2.29. The number of rotatable bonds is 4. The highest BCUT2D eigenvalue weighted by atomic mass is 15.0. The van der Waals surface area contributed by atoms with Gasteiger partial charge in [-0.25, -0.2) is 0 Å². The van der Waals surface area contributed by atoms with Gasteiger partial charge < -0.3 is 4.57 Å². The summed E-state index contributed by atoms with van der Waals surface area (Å²) in [7, 11) is 0. The molecule has 0 fully saturated rings. The molecule has 0 unspecified atom stereocenters. The Labute approximate surface area is 441 Å². The number of aryl methyl sites for hydroxylation is 1. The van der Waals surface area contributed by atoms with Crippen LogP contribution in [0.2, 0.25) is 0 Å². The van der Waals surface area contributed by atoms with Gasteiger partial charge in [0.15, 0.2) is 0 Å². The lowest BCUT2D eigenvalue weighted by Crippen LogP contribution is -2.20. The average Bonchev–Trinajstić information content (AvgIpc) is 3.95. The van der Waals surface area contributed by atoms with E-state index in [1.54, 1.807) is 0 Å². The van der Waals surface area contributed by atoms with Crippen LogP contribution in [0.1, 0.15) is 86.2 Å². The minimum absolute atomic E-state index is 0.118. The Hall–Kier alpha value is -8.26. The zero-order valence-electron chi connectivity index (χ0n) is 44.4. The molecular formula is C74H61N. The minimum atomic E-state index is -0.297. The molecule has 0 saturated carbocycles. The lowest BCUT2D eigenvalue weighted by atomic mass is 9.74. The van der Waals surface area contributed by atoms with Gasteiger partial charge in [-0.1, -0.05) is 200 Å².